The van der Waals surface area contributed by atoms with Gasteiger partial charge < -0.3 is 14.7 Å². The summed E-state index contributed by atoms with van der Waals surface area (Å²) in [6.07, 6.45) is 3.40. The lowest BCUT2D eigenvalue weighted by molar-refractivity contribution is -0.385. The standard InChI is InChI=1S/C35H35N3O5/c1-22-7-6-10-24(19-22)11-14-31(40)36(2)27-13-12-26-29-20-25-28(38(41)42)21-30(39)33-32(25)35(26,34(27)43-33)16-18-37(29)17-15-23-8-4-3-5-9-23/h3-10,19,21,26-27,29,34,39H,12-13,15-18,20H2,1-2H3/t26-,27-,29+,34-,35-/m0/s1. The third-order valence-electron chi connectivity index (χ3n) is 10.4. The number of phenolic OH excluding ortho intramolecular Hbond substituents is 1. The van der Waals surface area contributed by atoms with E-state index in [-0.39, 0.29) is 40.3 Å². The molecule has 3 aromatic carbocycles. The van der Waals surface area contributed by atoms with Crippen LogP contribution in [0.5, 0.6) is 11.5 Å². The Balaban J connectivity index is 1.25. The highest BCUT2D eigenvalue weighted by Crippen LogP contribution is 2.65. The lowest BCUT2D eigenvalue weighted by Crippen LogP contribution is -2.69. The molecule has 2 aliphatic heterocycles. The summed E-state index contributed by atoms with van der Waals surface area (Å²) in [5.41, 5.74) is 4.08. The van der Waals surface area contributed by atoms with Crippen LogP contribution >= 0.6 is 0 Å². The van der Waals surface area contributed by atoms with Crippen molar-refractivity contribution in [2.45, 2.75) is 62.6 Å². The Labute approximate surface area is 251 Å². The minimum Gasteiger partial charge on any atom is -0.504 e. The number of piperidine rings is 1. The normalized spacial score (nSPS) is 26.5. The van der Waals surface area contributed by atoms with Crippen LogP contribution in [0.2, 0.25) is 0 Å². The average molecular weight is 578 g/mol. The zero-order valence-electron chi connectivity index (χ0n) is 24.5. The zero-order chi connectivity index (χ0) is 29.9. The molecule has 1 saturated carbocycles. The largest absolute Gasteiger partial charge is 0.504 e. The number of rotatable bonds is 5. The quantitative estimate of drug-likeness (QED) is 0.267. The number of hydrogen-bond acceptors (Lipinski definition) is 6. The molecule has 2 aliphatic carbocycles. The van der Waals surface area contributed by atoms with Gasteiger partial charge in [-0.1, -0.05) is 48.4 Å². The van der Waals surface area contributed by atoms with Gasteiger partial charge in [0.05, 0.1) is 17.0 Å². The van der Waals surface area contributed by atoms with Crippen LogP contribution in [-0.4, -0.2) is 64.1 Å². The van der Waals surface area contributed by atoms with Gasteiger partial charge in [-0.3, -0.25) is 19.8 Å². The molecule has 0 unspecified atom stereocenters. The Morgan fingerprint density at radius 1 is 1.19 bits per heavy atom. The van der Waals surface area contributed by atoms with Gasteiger partial charge in [0.25, 0.3) is 11.6 Å². The molecule has 1 saturated heterocycles. The van der Waals surface area contributed by atoms with E-state index in [0.29, 0.717) is 17.7 Å². The number of aryl methyl sites for hydroxylation is 1. The molecule has 2 fully saturated rings. The fourth-order valence-corrected chi connectivity index (χ4v) is 8.51. The fourth-order valence-electron chi connectivity index (χ4n) is 8.51. The Bertz CT molecular complexity index is 1680. The monoisotopic (exact) mass is 577 g/mol. The molecule has 43 heavy (non-hydrogen) atoms. The zero-order valence-corrected chi connectivity index (χ0v) is 24.5. The Hall–Kier alpha value is -4.35. The first kappa shape index (κ1) is 27.5. The third-order valence-corrected chi connectivity index (χ3v) is 10.4. The molecule has 2 bridgehead atoms. The number of nitro groups is 1. The van der Waals surface area contributed by atoms with Crippen molar-refractivity contribution in [1.29, 1.82) is 0 Å². The molecule has 8 heteroatoms. The molecule has 220 valence electrons. The Kier molecular flexibility index (Phi) is 6.66. The predicted molar refractivity (Wildman–Crippen MR) is 162 cm³/mol. The van der Waals surface area contributed by atoms with Gasteiger partial charge in [-0.2, -0.15) is 0 Å². The molecule has 7 rings (SSSR count). The maximum atomic E-state index is 13.4. The number of carbonyl (C=O) groups excluding carboxylic acids is 1. The van der Waals surface area contributed by atoms with Crippen molar-refractivity contribution in [2.75, 3.05) is 20.1 Å². The van der Waals surface area contributed by atoms with Crippen LogP contribution in [0.25, 0.3) is 0 Å². The minimum atomic E-state index is -0.512. The van der Waals surface area contributed by atoms with Crippen molar-refractivity contribution >= 4 is 11.6 Å². The number of likely N-dealkylation sites (N-methyl/N-ethyl adjacent to an activating group) is 1. The number of nitrogens with zero attached hydrogens (tertiary/aromatic N) is 3. The smallest absolute Gasteiger partial charge is 0.298 e. The van der Waals surface area contributed by atoms with E-state index >= 15 is 0 Å². The molecule has 3 aromatic rings. The van der Waals surface area contributed by atoms with Crippen molar-refractivity contribution in [1.82, 2.24) is 9.80 Å². The van der Waals surface area contributed by atoms with Crippen molar-refractivity contribution in [2.24, 2.45) is 5.92 Å². The molecular weight excluding hydrogens is 542 g/mol. The van der Waals surface area contributed by atoms with E-state index in [9.17, 15) is 20.0 Å². The topological polar surface area (TPSA) is 96.2 Å². The molecule has 0 aromatic heterocycles. The number of nitro benzene ring substituents is 1. The number of aromatic hydroxyl groups is 1. The summed E-state index contributed by atoms with van der Waals surface area (Å²) in [6, 6.07) is 19.3. The number of phenols is 1. The second kappa shape index (κ2) is 10.4. The van der Waals surface area contributed by atoms with Crippen LogP contribution in [0.1, 0.15) is 47.1 Å². The van der Waals surface area contributed by atoms with Gasteiger partial charge >= 0.3 is 0 Å². The highest BCUT2D eigenvalue weighted by molar-refractivity contribution is 5.94. The highest BCUT2D eigenvalue weighted by Gasteiger charge is 2.67. The van der Waals surface area contributed by atoms with Crippen LogP contribution in [0.4, 0.5) is 5.69 Å². The molecule has 2 heterocycles. The Morgan fingerprint density at radius 3 is 2.77 bits per heavy atom. The summed E-state index contributed by atoms with van der Waals surface area (Å²) < 4.78 is 6.64. The summed E-state index contributed by atoms with van der Waals surface area (Å²) in [4.78, 5) is 29.5. The van der Waals surface area contributed by atoms with Gasteiger partial charge in [-0.15, -0.1) is 0 Å². The second-order valence-electron chi connectivity index (χ2n) is 12.5. The van der Waals surface area contributed by atoms with Gasteiger partial charge in [0.15, 0.2) is 11.5 Å². The maximum absolute atomic E-state index is 13.4. The lowest BCUT2D eigenvalue weighted by Gasteiger charge is -2.60. The van der Waals surface area contributed by atoms with E-state index in [2.05, 4.69) is 41.0 Å². The van der Waals surface area contributed by atoms with Gasteiger partial charge in [0.1, 0.15) is 6.10 Å². The van der Waals surface area contributed by atoms with Gasteiger partial charge in [-0.05, 0) is 74.8 Å². The molecule has 5 atom stereocenters. The van der Waals surface area contributed by atoms with E-state index in [1.54, 1.807) is 11.9 Å². The summed E-state index contributed by atoms with van der Waals surface area (Å²) >= 11 is 0. The van der Waals surface area contributed by atoms with Crippen LogP contribution in [0.15, 0.2) is 60.7 Å². The molecule has 1 amide bonds. The number of ether oxygens (including phenoxy) is 1. The number of likely N-dealkylation sites (tertiary alicyclic amines) is 1. The summed E-state index contributed by atoms with van der Waals surface area (Å²) in [5, 5.41) is 23.3. The molecule has 4 aliphatic rings. The van der Waals surface area contributed by atoms with E-state index in [1.807, 2.05) is 37.3 Å². The highest BCUT2D eigenvalue weighted by atomic mass is 16.6. The SMILES string of the molecule is Cc1cccc(C#CC(=O)N(C)[C@H]2CC[C@H]3[C@H]4Cc5c([N+](=O)[O-])cc(O)c6c5[C@@]3(CCN4CCc3ccccc3)[C@H]2O6)c1. The van der Waals surface area contributed by atoms with Crippen molar-refractivity contribution in [3.05, 3.63) is 98.6 Å². The number of amides is 1. The Morgan fingerprint density at radius 2 is 2.00 bits per heavy atom. The summed E-state index contributed by atoms with van der Waals surface area (Å²) in [6.45, 7) is 3.69. The van der Waals surface area contributed by atoms with Gasteiger partial charge in [0, 0.05) is 47.7 Å². The van der Waals surface area contributed by atoms with Crippen LogP contribution in [-0.2, 0) is 23.1 Å². The lowest BCUT2D eigenvalue weighted by atomic mass is 9.50. The first-order valence-corrected chi connectivity index (χ1v) is 15.1. The fraction of sp³-hybridized carbons (Fsp3) is 0.400. The first-order chi connectivity index (χ1) is 20.8. The van der Waals surface area contributed by atoms with E-state index in [0.717, 1.165) is 55.5 Å². The molecule has 8 nitrogen and oxygen atoms in total. The van der Waals surface area contributed by atoms with Crippen LogP contribution in [0.3, 0.4) is 0 Å². The van der Waals surface area contributed by atoms with Crippen molar-refractivity contribution in [3.8, 4) is 23.3 Å². The van der Waals surface area contributed by atoms with Gasteiger partial charge in [0.2, 0.25) is 0 Å². The average Bonchev–Trinajstić information content (AvgIpc) is 3.35. The third kappa shape index (κ3) is 4.37. The van der Waals surface area contributed by atoms with Crippen molar-refractivity contribution < 1.29 is 19.6 Å². The van der Waals surface area contributed by atoms with E-state index in [4.69, 9.17) is 4.74 Å². The number of carbonyl (C=O) groups is 1. The molecule has 0 radical (unpaired) electrons. The van der Waals surface area contributed by atoms with E-state index in [1.165, 1.54) is 11.6 Å². The number of benzene rings is 3. The molecular formula is C35H35N3O5. The minimum absolute atomic E-state index is 0.0381. The first-order valence-electron chi connectivity index (χ1n) is 15.1. The second-order valence-corrected chi connectivity index (χ2v) is 12.5. The van der Waals surface area contributed by atoms with E-state index < -0.39 is 11.5 Å². The van der Waals surface area contributed by atoms with Crippen molar-refractivity contribution in [3.63, 3.8) is 0 Å². The van der Waals surface area contributed by atoms with Crippen LogP contribution < -0.4 is 4.74 Å². The number of hydrogen-bond donors (Lipinski definition) is 1. The summed E-state index contributed by atoms with van der Waals surface area (Å²) in [5.74, 6) is 5.93. The molecule has 1 N–H and O–H groups in total. The maximum Gasteiger partial charge on any atom is 0.298 e. The molecule has 1 spiro atoms. The summed E-state index contributed by atoms with van der Waals surface area (Å²) in [7, 11) is 1.78. The predicted octanol–water partition coefficient (Wildman–Crippen LogP) is 4.77. The van der Waals surface area contributed by atoms with Gasteiger partial charge in [-0.25, -0.2) is 0 Å². The van der Waals surface area contributed by atoms with Crippen LogP contribution in [0, 0.1) is 34.8 Å².